The normalized spacial score (nSPS) is 10.5. The first-order chi connectivity index (χ1) is 12.1. The van der Waals surface area contributed by atoms with Crippen molar-refractivity contribution in [1.82, 2.24) is 14.8 Å². The second-order valence-corrected chi connectivity index (χ2v) is 5.12. The van der Waals surface area contributed by atoms with E-state index in [0.717, 1.165) is 17.3 Å². The fraction of sp³-hybridized carbons (Fsp3) is 0.125. The first-order valence-corrected chi connectivity index (χ1v) is 7.28. The van der Waals surface area contributed by atoms with E-state index >= 15 is 0 Å². The van der Waals surface area contributed by atoms with Gasteiger partial charge >= 0.3 is 5.69 Å². The number of nitrogens with zero attached hydrogens (tertiary/aromatic N) is 4. The predicted octanol–water partition coefficient (Wildman–Crippen LogP) is 2.94. The summed E-state index contributed by atoms with van der Waals surface area (Å²) in [5, 5.41) is 17.8. The van der Waals surface area contributed by atoms with Crippen LogP contribution >= 0.6 is 0 Å². The van der Waals surface area contributed by atoms with Crippen LogP contribution in [0, 0.1) is 15.9 Å². The molecule has 0 atom stereocenters. The van der Waals surface area contributed by atoms with Crippen LogP contribution in [0.2, 0.25) is 0 Å². The number of hydrogen-bond acceptors (Lipinski definition) is 6. The molecule has 0 aliphatic carbocycles. The van der Waals surface area contributed by atoms with Crippen molar-refractivity contribution in [2.45, 2.75) is 6.54 Å². The van der Waals surface area contributed by atoms with Crippen LogP contribution in [-0.2, 0) is 6.54 Å². The molecule has 1 N–H and O–H groups in total. The average Bonchev–Trinajstić information content (AvgIpc) is 3.15. The van der Waals surface area contributed by atoms with Gasteiger partial charge in [-0.05, 0) is 17.7 Å². The fourth-order valence-electron chi connectivity index (χ4n) is 2.29. The number of rotatable bonds is 6. The lowest BCUT2D eigenvalue weighted by Crippen LogP contribution is -2.04. The summed E-state index contributed by atoms with van der Waals surface area (Å²) in [5.41, 5.74) is 1.47. The van der Waals surface area contributed by atoms with Gasteiger partial charge in [0.1, 0.15) is 12.7 Å². The van der Waals surface area contributed by atoms with E-state index in [1.165, 1.54) is 19.5 Å². The fourth-order valence-corrected chi connectivity index (χ4v) is 2.29. The van der Waals surface area contributed by atoms with E-state index in [2.05, 4.69) is 15.4 Å². The Kier molecular flexibility index (Phi) is 4.55. The van der Waals surface area contributed by atoms with Crippen molar-refractivity contribution in [1.29, 1.82) is 0 Å². The monoisotopic (exact) mass is 343 g/mol. The van der Waals surface area contributed by atoms with Gasteiger partial charge in [-0.2, -0.15) is 5.10 Å². The molecule has 9 heteroatoms. The van der Waals surface area contributed by atoms with Gasteiger partial charge in [-0.1, -0.05) is 12.1 Å². The van der Waals surface area contributed by atoms with Crippen LogP contribution in [0.5, 0.6) is 5.75 Å². The van der Waals surface area contributed by atoms with Gasteiger partial charge in [0.05, 0.1) is 29.5 Å². The summed E-state index contributed by atoms with van der Waals surface area (Å²) in [4.78, 5) is 14.1. The molecule has 0 aliphatic rings. The van der Waals surface area contributed by atoms with Crippen LogP contribution in [0.1, 0.15) is 5.56 Å². The minimum absolute atomic E-state index is 0.00423. The van der Waals surface area contributed by atoms with Crippen molar-refractivity contribution in [2.24, 2.45) is 0 Å². The number of nitrogens with one attached hydrogen (secondary N) is 1. The molecule has 8 nitrogen and oxygen atoms in total. The van der Waals surface area contributed by atoms with Crippen LogP contribution in [0.4, 0.5) is 15.8 Å². The van der Waals surface area contributed by atoms with E-state index in [-0.39, 0.29) is 11.4 Å². The SMILES string of the molecule is COc1cc(NCc2ccc(-n3cncn3)cc2)c(F)cc1[N+](=O)[O-]. The lowest BCUT2D eigenvalue weighted by molar-refractivity contribution is -0.385. The highest BCUT2D eigenvalue weighted by Crippen LogP contribution is 2.32. The third-order valence-electron chi connectivity index (χ3n) is 3.57. The first-order valence-electron chi connectivity index (χ1n) is 7.28. The molecule has 3 aromatic rings. The van der Waals surface area contributed by atoms with Crippen molar-refractivity contribution in [3.63, 3.8) is 0 Å². The van der Waals surface area contributed by atoms with E-state index < -0.39 is 16.4 Å². The Hall–Kier alpha value is -3.49. The first kappa shape index (κ1) is 16.4. The largest absolute Gasteiger partial charge is 0.490 e. The maximum atomic E-state index is 14.0. The second kappa shape index (κ2) is 6.95. The molecule has 0 radical (unpaired) electrons. The van der Waals surface area contributed by atoms with Crippen LogP contribution in [0.3, 0.4) is 0 Å². The van der Waals surface area contributed by atoms with Gasteiger partial charge in [0.15, 0.2) is 11.6 Å². The van der Waals surface area contributed by atoms with Gasteiger partial charge in [0, 0.05) is 12.6 Å². The minimum Gasteiger partial charge on any atom is -0.490 e. The van der Waals surface area contributed by atoms with Crippen LogP contribution in [0.25, 0.3) is 5.69 Å². The van der Waals surface area contributed by atoms with E-state index in [0.29, 0.717) is 6.54 Å². The Labute approximate surface area is 142 Å². The lowest BCUT2D eigenvalue weighted by atomic mass is 10.2. The van der Waals surface area contributed by atoms with Gasteiger partial charge < -0.3 is 10.1 Å². The van der Waals surface area contributed by atoms with Crippen molar-refractivity contribution in [2.75, 3.05) is 12.4 Å². The van der Waals surface area contributed by atoms with Crippen LogP contribution in [0.15, 0.2) is 49.1 Å². The highest BCUT2D eigenvalue weighted by molar-refractivity contribution is 5.59. The van der Waals surface area contributed by atoms with Crippen molar-refractivity contribution in [3.8, 4) is 11.4 Å². The quantitative estimate of drug-likeness (QED) is 0.546. The predicted molar refractivity (Wildman–Crippen MR) is 88.3 cm³/mol. The van der Waals surface area contributed by atoms with Crippen molar-refractivity contribution < 1.29 is 14.1 Å². The molecule has 0 fully saturated rings. The Morgan fingerprint density at radius 1 is 1.32 bits per heavy atom. The molecule has 0 saturated heterocycles. The third-order valence-corrected chi connectivity index (χ3v) is 3.57. The molecule has 25 heavy (non-hydrogen) atoms. The number of anilines is 1. The summed E-state index contributed by atoms with van der Waals surface area (Å²) in [5.74, 6) is -0.720. The standard InChI is InChI=1S/C16H14FN5O3/c1-25-16-7-14(13(17)6-15(16)22(23)24)19-8-11-2-4-12(5-3-11)21-10-18-9-20-21/h2-7,9-10,19H,8H2,1H3. The third kappa shape index (κ3) is 3.55. The number of benzene rings is 2. The minimum atomic E-state index is -0.716. The van der Waals surface area contributed by atoms with Crippen LogP contribution < -0.4 is 10.1 Å². The van der Waals surface area contributed by atoms with Gasteiger partial charge in [-0.25, -0.2) is 14.1 Å². The molecule has 1 heterocycles. The molecule has 0 spiro atoms. The Balaban J connectivity index is 1.74. The zero-order chi connectivity index (χ0) is 17.8. The summed E-state index contributed by atoms with van der Waals surface area (Å²) in [6, 6.07) is 9.57. The summed E-state index contributed by atoms with van der Waals surface area (Å²) in [7, 11) is 1.30. The molecular weight excluding hydrogens is 329 g/mol. The van der Waals surface area contributed by atoms with Crippen LogP contribution in [-0.4, -0.2) is 26.8 Å². The summed E-state index contributed by atoms with van der Waals surface area (Å²) in [6.07, 6.45) is 3.03. The number of nitro groups is 1. The molecular formula is C16H14FN5O3. The lowest BCUT2D eigenvalue weighted by Gasteiger charge is -2.10. The smallest absolute Gasteiger partial charge is 0.313 e. The highest BCUT2D eigenvalue weighted by Gasteiger charge is 2.19. The molecule has 128 valence electrons. The molecule has 0 amide bonds. The summed E-state index contributed by atoms with van der Waals surface area (Å²) < 4.78 is 20.6. The average molecular weight is 343 g/mol. The zero-order valence-electron chi connectivity index (χ0n) is 13.2. The van der Waals surface area contributed by atoms with E-state index in [4.69, 9.17) is 4.74 Å². The van der Waals surface area contributed by atoms with E-state index in [1.807, 2.05) is 24.3 Å². The summed E-state index contributed by atoms with van der Waals surface area (Å²) >= 11 is 0. The van der Waals surface area contributed by atoms with Gasteiger partial charge in [0.2, 0.25) is 0 Å². The Morgan fingerprint density at radius 3 is 2.68 bits per heavy atom. The van der Waals surface area contributed by atoms with Crippen molar-refractivity contribution in [3.05, 3.63) is 70.5 Å². The van der Waals surface area contributed by atoms with Crippen molar-refractivity contribution >= 4 is 11.4 Å². The van der Waals surface area contributed by atoms with E-state index in [1.54, 1.807) is 11.0 Å². The molecule has 3 rings (SSSR count). The maximum absolute atomic E-state index is 14.0. The Morgan fingerprint density at radius 2 is 2.08 bits per heavy atom. The maximum Gasteiger partial charge on any atom is 0.313 e. The van der Waals surface area contributed by atoms with Gasteiger partial charge in [0.25, 0.3) is 0 Å². The molecule has 0 saturated carbocycles. The number of methoxy groups -OCH3 is 1. The van der Waals surface area contributed by atoms with Gasteiger partial charge in [-0.15, -0.1) is 0 Å². The van der Waals surface area contributed by atoms with Gasteiger partial charge in [-0.3, -0.25) is 10.1 Å². The topological polar surface area (TPSA) is 95.1 Å². The molecule has 0 unspecified atom stereocenters. The highest BCUT2D eigenvalue weighted by atomic mass is 19.1. The summed E-state index contributed by atoms with van der Waals surface area (Å²) in [6.45, 7) is 0.343. The second-order valence-electron chi connectivity index (χ2n) is 5.12. The number of halogens is 1. The Bertz CT molecular complexity index is 882. The number of hydrogen-bond donors (Lipinski definition) is 1. The molecule has 2 aromatic carbocycles. The number of aromatic nitrogens is 3. The molecule has 0 bridgehead atoms. The number of nitro benzene ring substituents is 1. The zero-order valence-corrected chi connectivity index (χ0v) is 13.2. The number of ether oxygens (including phenoxy) is 1. The molecule has 1 aromatic heterocycles. The van der Waals surface area contributed by atoms with E-state index in [9.17, 15) is 14.5 Å². The molecule has 0 aliphatic heterocycles.